The molecule has 5 heteroatoms. The van der Waals surface area contributed by atoms with Crippen molar-refractivity contribution in [2.24, 2.45) is 5.84 Å². The highest BCUT2D eigenvalue weighted by Crippen LogP contribution is 2.22. The monoisotopic (exact) mass is 348 g/mol. The van der Waals surface area contributed by atoms with E-state index in [1.165, 1.54) is 11.4 Å². The van der Waals surface area contributed by atoms with Crippen molar-refractivity contribution in [3.63, 3.8) is 0 Å². The summed E-state index contributed by atoms with van der Waals surface area (Å²) >= 11 is 0. The molecule has 0 aliphatic heterocycles. The number of hydrogen-bond donors (Lipinski definition) is 1. The number of nitrogens with zero attached hydrogens (tertiary/aromatic N) is 3. The van der Waals surface area contributed by atoms with Crippen LogP contribution in [0.15, 0.2) is 54.9 Å². The normalized spacial score (nSPS) is 15.3. The van der Waals surface area contributed by atoms with Gasteiger partial charge in [0.15, 0.2) is 0 Å². The van der Waals surface area contributed by atoms with Crippen LogP contribution in [0.3, 0.4) is 0 Å². The van der Waals surface area contributed by atoms with Crippen LogP contribution in [0.25, 0.3) is 11.0 Å². The molecule has 0 unspecified atom stereocenters. The van der Waals surface area contributed by atoms with Gasteiger partial charge in [-0.25, -0.2) is 10.8 Å². The van der Waals surface area contributed by atoms with Crippen molar-refractivity contribution in [2.45, 2.75) is 44.7 Å². The predicted molar refractivity (Wildman–Crippen MR) is 103 cm³/mol. The first kappa shape index (κ1) is 16.8. The van der Waals surface area contributed by atoms with Gasteiger partial charge in [-0.3, -0.25) is 9.80 Å². The Labute approximate surface area is 153 Å². The van der Waals surface area contributed by atoms with E-state index in [4.69, 9.17) is 5.84 Å². The fourth-order valence-corrected chi connectivity index (χ4v) is 3.76. The van der Waals surface area contributed by atoms with E-state index in [1.54, 1.807) is 0 Å². The first-order valence-corrected chi connectivity index (χ1v) is 9.29. The van der Waals surface area contributed by atoms with Crippen molar-refractivity contribution >= 4 is 16.9 Å². The van der Waals surface area contributed by atoms with Crippen molar-refractivity contribution in [1.82, 2.24) is 14.6 Å². The van der Waals surface area contributed by atoms with Gasteiger partial charge in [0.1, 0.15) is 0 Å². The average Bonchev–Trinajstić information content (AvgIpc) is 3.11. The number of rotatable bonds is 4. The van der Waals surface area contributed by atoms with Crippen LogP contribution in [0, 0.1) is 0 Å². The quantitative estimate of drug-likeness (QED) is 0.444. The minimum atomic E-state index is -0.0865. The molecule has 2 aromatic carbocycles. The number of benzene rings is 2. The van der Waals surface area contributed by atoms with Crippen LogP contribution < -0.4 is 5.84 Å². The Kier molecular flexibility index (Phi) is 4.71. The van der Waals surface area contributed by atoms with Crippen molar-refractivity contribution in [2.75, 3.05) is 0 Å². The van der Waals surface area contributed by atoms with E-state index in [1.807, 2.05) is 48.8 Å². The molecule has 5 nitrogen and oxygen atoms in total. The van der Waals surface area contributed by atoms with Crippen molar-refractivity contribution in [3.05, 3.63) is 66.0 Å². The van der Waals surface area contributed by atoms with Crippen LogP contribution in [0.4, 0.5) is 0 Å². The molecule has 2 N–H and O–H groups in total. The van der Waals surface area contributed by atoms with Gasteiger partial charge in [0.05, 0.1) is 17.4 Å². The topological polar surface area (TPSA) is 64.2 Å². The fraction of sp³-hybridized carbons (Fsp3) is 0.333. The van der Waals surface area contributed by atoms with Gasteiger partial charge < -0.3 is 4.57 Å². The van der Waals surface area contributed by atoms with E-state index in [0.717, 1.165) is 48.8 Å². The number of nitrogens with two attached hydrogens (primary N) is 1. The first-order valence-electron chi connectivity index (χ1n) is 9.29. The van der Waals surface area contributed by atoms with Gasteiger partial charge in [0.2, 0.25) is 0 Å². The summed E-state index contributed by atoms with van der Waals surface area (Å²) in [6.45, 7) is 0.726. The van der Waals surface area contributed by atoms with Gasteiger partial charge in [-0.05, 0) is 42.7 Å². The number of carbonyl (C=O) groups is 1. The molecule has 0 saturated heterocycles. The molecule has 1 aliphatic rings. The number of para-hydroxylation sites is 2. The Morgan fingerprint density at radius 1 is 1.08 bits per heavy atom. The van der Waals surface area contributed by atoms with Crippen LogP contribution in [0.2, 0.25) is 0 Å². The van der Waals surface area contributed by atoms with E-state index >= 15 is 0 Å². The van der Waals surface area contributed by atoms with Crippen molar-refractivity contribution in [1.29, 1.82) is 0 Å². The molecule has 0 spiro atoms. The van der Waals surface area contributed by atoms with Crippen LogP contribution in [-0.4, -0.2) is 26.5 Å². The smallest absolute Gasteiger partial charge is 0.268 e. The second-order valence-corrected chi connectivity index (χ2v) is 7.06. The third-order valence-corrected chi connectivity index (χ3v) is 5.28. The highest BCUT2D eigenvalue weighted by atomic mass is 16.2. The van der Waals surface area contributed by atoms with Crippen LogP contribution >= 0.6 is 0 Å². The molecule has 0 radical (unpaired) electrons. The molecule has 26 heavy (non-hydrogen) atoms. The minimum absolute atomic E-state index is 0.0865. The van der Waals surface area contributed by atoms with Gasteiger partial charge >= 0.3 is 0 Å². The lowest BCUT2D eigenvalue weighted by molar-refractivity contribution is 0.0633. The molecular weight excluding hydrogens is 324 g/mol. The zero-order valence-corrected chi connectivity index (χ0v) is 14.8. The van der Waals surface area contributed by atoms with E-state index in [0.29, 0.717) is 5.56 Å². The summed E-state index contributed by atoms with van der Waals surface area (Å²) in [4.78, 5) is 17.1. The largest absolute Gasteiger partial charge is 0.326 e. The summed E-state index contributed by atoms with van der Waals surface area (Å²) < 4.78 is 2.11. The summed E-state index contributed by atoms with van der Waals surface area (Å²) in [5.74, 6) is 6.02. The molecule has 1 aromatic heterocycles. The lowest BCUT2D eigenvalue weighted by atomic mass is 9.94. The van der Waals surface area contributed by atoms with Crippen molar-refractivity contribution in [3.8, 4) is 0 Å². The molecule has 0 bridgehead atoms. The second-order valence-electron chi connectivity index (χ2n) is 7.06. The summed E-state index contributed by atoms with van der Waals surface area (Å²) in [6.07, 6.45) is 7.43. The van der Waals surface area contributed by atoms with E-state index < -0.39 is 0 Å². The van der Waals surface area contributed by atoms with Crippen LogP contribution in [0.1, 0.15) is 48.0 Å². The Hall–Kier alpha value is -2.66. The first-order chi connectivity index (χ1) is 12.7. The number of imidazole rings is 1. The second kappa shape index (κ2) is 7.30. The van der Waals surface area contributed by atoms with E-state index in [-0.39, 0.29) is 11.9 Å². The van der Waals surface area contributed by atoms with Gasteiger partial charge in [-0.2, -0.15) is 0 Å². The third-order valence-electron chi connectivity index (χ3n) is 5.28. The number of hydrazine groups is 1. The maximum absolute atomic E-state index is 12.6. The zero-order valence-electron chi connectivity index (χ0n) is 14.8. The third kappa shape index (κ3) is 3.35. The van der Waals surface area contributed by atoms with E-state index in [9.17, 15) is 4.79 Å². The highest BCUT2D eigenvalue weighted by molar-refractivity contribution is 5.94. The minimum Gasteiger partial charge on any atom is -0.326 e. The molecule has 1 aliphatic carbocycles. The summed E-state index contributed by atoms with van der Waals surface area (Å²) in [7, 11) is 0. The molecular formula is C21H24N4O. The fourth-order valence-electron chi connectivity index (χ4n) is 3.76. The number of hydrogen-bond acceptors (Lipinski definition) is 3. The van der Waals surface area contributed by atoms with Crippen LogP contribution in [0.5, 0.6) is 0 Å². The lowest BCUT2D eigenvalue weighted by Gasteiger charge is -2.30. The number of carbonyl (C=O) groups excluding carboxylic acids is 1. The SMILES string of the molecule is NN(C(=O)c1ccc(Cn2cnc3ccccc32)cc1)C1CCCCC1. The number of fused-ring (bicyclic) bond motifs is 1. The van der Waals surface area contributed by atoms with E-state index in [2.05, 4.69) is 15.6 Å². The number of aromatic nitrogens is 2. The molecule has 134 valence electrons. The molecule has 1 heterocycles. The average molecular weight is 348 g/mol. The molecule has 0 atom stereocenters. The predicted octanol–water partition coefficient (Wildman–Crippen LogP) is 3.73. The molecule has 4 rings (SSSR count). The Bertz CT molecular complexity index is 894. The van der Waals surface area contributed by atoms with Gasteiger partial charge in [-0.15, -0.1) is 0 Å². The summed E-state index contributed by atoms with van der Waals surface area (Å²) in [5, 5.41) is 1.44. The standard InChI is InChI=1S/C21H24N4O/c22-25(18-6-2-1-3-7-18)21(26)17-12-10-16(11-13-17)14-24-15-23-19-8-4-5-9-20(19)24/h4-5,8-13,15,18H,1-3,6-7,14,22H2. The maximum Gasteiger partial charge on any atom is 0.268 e. The lowest BCUT2D eigenvalue weighted by Crippen LogP contribution is -2.46. The Morgan fingerprint density at radius 2 is 1.81 bits per heavy atom. The molecule has 1 saturated carbocycles. The zero-order chi connectivity index (χ0) is 17.9. The Balaban J connectivity index is 1.47. The molecule has 1 amide bonds. The number of amides is 1. The Morgan fingerprint density at radius 3 is 2.58 bits per heavy atom. The summed E-state index contributed by atoms with van der Waals surface area (Å²) in [5.41, 5.74) is 3.88. The van der Waals surface area contributed by atoms with Gasteiger partial charge in [-0.1, -0.05) is 43.5 Å². The molecule has 1 fully saturated rings. The van der Waals surface area contributed by atoms with Gasteiger partial charge in [0.25, 0.3) is 5.91 Å². The molecule has 3 aromatic rings. The summed E-state index contributed by atoms with van der Waals surface area (Å²) in [6, 6.07) is 16.0. The maximum atomic E-state index is 12.6. The van der Waals surface area contributed by atoms with Gasteiger partial charge in [0, 0.05) is 18.2 Å². The van der Waals surface area contributed by atoms with Crippen LogP contribution in [-0.2, 0) is 6.54 Å². The van der Waals surface area contributed by atoms with Crippen molar-refractivity contribution < 1.29 is 4.79 Å². The highest BCUT2D eigenvalue weighted by Gasteiger charge is 2.23.